The molecule has 0 bridgehead atoms. The summed E-state index contributed by atoms with van der Waals surface area (Å²) in [6, 6.07) is 5.71. The summed E-state index contributed by atoms with van der Waals surface area (Å²) in [6.07, 6.45) is 0.877. The minimum absolute atomic E-state index is 0.162. The Hall–Kier alpha value is -1.07. The molecule has 1 aromatic rings. The molecule has 0 saturated heterocycles. The number of anilines is 1. The van der Waals surface area contributed by atoms with Crippen LogP contribution in [0.25, 0.3) is 0 Å². The molecule has 0 aliphatic carbocycles. The zero-order valence-corrected chi connectivity index (χ0v) is 13.3. The highest BCUT2D eigenvalue weighted by atomic mass is 79.9. The van der Waals surface area contributed by atoms with Gasteiger partial charge in [0.2, 0.25) is 0 Å². The third-order valence-corrected chi connectivity index (χ3v) is 3.78. The van der Waals surface area contributed by atoms with E-state index in [2.05, 4.69) is 29.8 Å². The third kappa shape index (κ3) is 4.51. The van der Waals surface area contributed by atoms with Crippen molar-refractivity contribution < 1.29 is 4.79 Å². The lowest BCUT2D eigenvalue weighted by Gasteiger charge is -2.24. The molecule has 4 N–H and O–H groups in total. The first-order chi connectivity index (χ1) is 8.82. The van der Waals surface area contributed by atoms with Crippen LogP contribution in [0.2, 0.25) is 0 Å². The molecule has 0 aliphatic rings. The molecule has 0 fully saturated rings. The molecule has 1 unspecified atom stereocenters. The maximum absolute atomic E-state index is 11.5. The molecule has 1 aromatic carbocycles. The minimum Gasteiger partial charge on any atom is -0.374 e. The van der Waals surface area contributed by atoms with Crippen LogP contribution in [-0.4, -0.2) is 25.5 Å². The third-order valence-electron chi connectivity index (χ3n) is 3.29. The number of carbonyl (C=O) groups is 1. The first-order valence-corrected chi connectivity index (χ1v) is 7.18. The van der Waals surface area contributed by atoms with E-state index < -0.39 is 5.91 Å². The maximum atomic E-state index is 11.5. The number of amides is 1. The fourth-order valence-electron chi connectivity index (χ4n) is 1.83. The SMILES string of the molecule is CC(C)C(N)CCN(C)c1ccc(Br)cc1C(N)=O. The molecule has 0 aliphatic heterocycles. The van der Waals surface area contributed by atoms with Crippen LogP contribution in [0.15, 0.2) is 22.7 Å². The van der Waals surface area contributed by atoms with E-state index in [1.807, 2.05) is 24.1 Å². The van der Waals surface area contributed by atoms with Crippen molar-refractivity contribution >= 4 is 27.5 Å². The fraction of sp³-hybridized carbons (Fsp3) is 0.500. The van der Waals surface area contributed by atoms with Gasteiger partial charge in [0.05, 0.1) is 5.56 Å². The van der Waals surface area contributed by atoms with Gasteiger partial charge < -0.3 is 16.4 Å². The molecule has 0 aromatic heterocycles. The number of carbonyl (C=O) groups excluding carboxylic acids is 1. The highest BCUT2D eigenvalue weighted by Gasteiger charge is 2.14. The van der Waals surface area contributed by atoms with Crippen molar-refractivity contribution in [1.29, 1.82) is 0 Å². The van der Waals surface area contributed by atoms with Crippen molar-refractivity contribution in [3.63, 3.8) is 0 Å². The van der Waals surface area contributed by atoms with E-state index in [-0.39, 0.29) is 6.04 Å². The highest BCUT2D eigenvalue weighted by Crippen LogP contribution is 2.24. The van der Waals surface area contributed by atoms with Gasteiger partial charge >= 0.3 is 0 Å². The van der Waals surface area contributed by atoms with Crippen LogP contribution in [0.4, 0.5) is 5.69 Å². The molecule has 5 heteroatoms. The Bertz CT molecular complexity index is 448. The highest BCUT2D eigenvalue weighted by molar-refractivity contribution is 9.10. The maximum Gasteiger partial charge on any atom is 0.250 e. The van der Waals surface area contributed by atoms with Crippen molar-refractivity contribution in [2.75, 3.05) is 18.5 Å². The minimum atomic E-state index is -0.420. The van der Waals surface area contributed by atoms with Gasteiger partial charge in [-0.2, -0.15) is 0 Å². The largest absolute Gasteiger partial charge is 0.374 e. The van der Waals surface area contributed by atoms with E-state index >= 15 is 0 Å². The van der Waals surface area contributed by atoms with Crippen LogP contribution in [0.3, 0.4) is 0 Å². The van der Waals surface area contributed by atoms with Crippen LogP contribution in [0.5, 0.6) is 0 Å². The van der Waals surface area contributed by atoms with E-state index in [4.69, 9.17) is 11.5 Å². The van der Waals surface area contributed by atoms with Crippen LogP contribution < -0.4 is 16.4 Å². The van der Waals surface area contributed by atoms with E-state index in [1.54, 1.807) is 6.07 Å². The fourth-order valence-corrected chi connectivity index (χ4v) is 2.20. The van der Waals surface area contributed by atoms with Gasteiger partial charge in [0.25, 0.3) is 5.91 Å². The quantitative estimate of drug-likeness (QED) is 0.842. The number of benzene rings is 1. The van der Waals surface area contributed by atoms with Crippen molar-refractivity contribution in [3.8, 4) is 0 Å². The molecule has 106 valence electrons. The van der Waals surface area contributed by atoms with E-state index in [9.17, 15) is 4.79 Å². The van der Waals surface area contributed by atoms with Gasteiger partial charge in [-0.05, 0) is 30.5 Å². The predicted octanol–water partition coefficient (Wildman–Crippen LogP) is 2.36. The van der Waals surface area contributed by atoms with E-state index in [1.165, 1.54) is 0 Å². The van der Waals surface area contributed by atoms with Crippen molar-refractivity contribution in [1.82, 2.24) is 0 Å². The average Bonchev–Trinajstić information content (AvgIpc) is 2.35. The second-order valence-electron chi connectivity index (χ2n) is 5.14. The van der Waals surface area contributed by atoms with Gasteiger partial charge in [-0.25, -0.2) is 0 Å². The second kappa shape index (κ2) is 6.91. The Morgan fingerprint density at radius 3 is 2.58 bits per heavy atom. The van der Waals surface area contributed by atoms with Gasteiger partial charge in [-0.3, -0.25) is 4.79 Å². The number of hydrogen-bond donors (Lipinski definition) is 2. The van der Waals surface area contributed by atoms with Gasteiger partial charge in [0.1, 0.15) is 0 Å². The Labute approximate surface area is 123 Å². The number of hydrogen-bond acceptors (Lipinski definition) is 3. The zero-order chi connectivity index (χ0) is 14.6. The lowest BCUT2D eigenvalue weighted by atomic mass is 10.0. The Balaban J connectivity index is 2.82. The monoisotopic (exact) mass is 327 g/mol. The lowest BCUT2D eigenvalue weighted by molar-refractivity contribution is 0.100. The molecule has 0 heterocycles. The molecule has 19 heavy (non-hydrogen) atoms. The van der Waals surface area contributed by atoms with Gasteiger partial charge in [0, 0.05) is 29.8 Å². The van der Waals surface area contributed by atoms with Crippen LogP contribution >= 0.6 is 15.9 Å². The van der Waals surface area contributed by atoms with Crippen LogP contribution in [0, 0.1) is 5.92 Å². The second-order valence-corrected chi connectivity index (χ2v) is 6.06. The zero-order valence-electron chi connectivity index (χ0n) is 11.7. The summed E-state index contributed by atoms with van der Waals surface area (Å²) in [5.41, 5.74) is 12.8. The topological polar surface area (TPSA) is 72.3 Å². The summed E-state index contributed by atoms with van der Waals surface area (Å²) in [7, 11) is 1.95. The average molecular weight is 328 g/mol. The van der Waals surface area contributed by atoms with E-state index in [0.29, 0.717) is 11.5 Å². The van der Waals surface area contributed by atoms with Gasteiger partial charge in [-0.15, -0.1) is 0 Å². The van der Waals surface area contributed by atoms with Crippen LogP contribution in [0.1, 0.15) is 30.6 Å². The molecule has 0 spiro atoms. The summed E-state index contributed by atoms with van der Waals surface area (Å²) >= 11 is 3.35. The number of nitrogens with zero attached hydrogens (tertiary/aromatic N) is 1. The lowest BCUT2D eigenvalue weighted by Crippen LogP contribution is -2.32. The molecule has 1 rings (SSSR count). The summed E-state index contributed by atoms with van der Waals surface area (Å²) in [4.78, 5) is 13.5. The Kier molecular flexibility index (Phi) is 5.82. The summed E-state index contributed by atoms with van der Waals surface area (Å²) in [6.45, 7) is 5.01. The summed E-state index contributed by atoms with van der Waals surface area (Å²) in [5.74, 6) is 0.0326. The number of primary amides is 1. The van der Waals surface area contributed by atoms with Crippen molar-refractivity contribution in [2.45, 2.75) is 26.3 Å². The molecule has 1 atom stereocenters. The standard InChI is InChI=1S/C14H22BrN3O/c1-9(2)12(16)6-7-18(3)13-5-4-10(15)8-11(13)14(17)19/h4-5,8-9,12H,6-7,16H2,1-3H3,(H2,17,19). The molecule has 1 amide bonds. The molecule has 0 saturated carbocycles. The summed E-state index contributed by atoms with van der Waals surface area (Å²) in [5, 5.41) is 0. The Morgan fingerprint density at radius 1 is 1.42 bits per heavy atom. The smallest absolute Gasteiger partial charge is 0.250 e. The molecular weight excluding hydrogens is 306 g/mol. The molecule has 4 nitrogen and oxygen atoms in total. The van der Waals surface area contributed by atoms with Crippen molar-refractivity contribution in [3.05, 3.63) is 28.2 Å². The first kappa shape index (κ1) is 16.0. The Morgan fingerprint density at radius 2 is 2.05 bits per heavy atom. The van der Waals surface area contributed by atoms with Crippen molar-refractivity contribution in [2.24, 2.45) is 17.4 Å². The van der Waals surface area contributed by atoms with E-state index in [0.717, 1.165) is 23.1 Å². The number of rotatable bonds is 6. The number of halogens is 1. The first-order valence-electron chi connectivity index (χ1n) is 6.39. The van der Waals surface area contributed by atoms with Crippen LogP contribution in [-0.2, 0) is 0 Å². The van der Waals surface area contributed by atoms with Gasteiger partial charge in [-0.1, -0.05) is 29.8 Å². The van der Waals surface area contributed by atoms with Gasteiger partial charge in [0.15, 0.2) is 0 Å². The molecule has 0 radical (unpaired) electrons. The predicted molar refractivity (Wildman–Crippen MR) is 83.4 cm³/mol. The molecular formula is C14H22BrN3O. The summed E-state index contributed by atoms with van der Waals surface area (Å²) < 4.78 is 0.845. The normalized spacial score (nSPS) is 12.5. The number of nitrogens with two attached hydrogens (primary N) is 2.